The molecule has 1 spiro atoms. The second-order valence-electron chi connectivity index (χ2n) is 11.9. The minimum Gasteiger partial charge on any atom is -0.460 e. The van der Waals surface area contributed by atoms with Crippen LogP contribution in [0.25, 0.3) is 0 Å². The van der Waals surface area contributed by atoms with E-state index in [9.17, 15) is 19.2 Å². The molecule has 0 aromatic carbocycles. The number of rotatable bonds is 20. The van der Waals surface area contributed by atoms with E-state index in [0.717, 1.165) is 32.1 Å². The van der Waals surface area contributed by atoms with E-state index in [4.69, 9.17) is 14.6 Å². The Hall–Kier alpha value is -2.72. The molecule has 0 aromatic heterocycles. The van der Waals surface area contributed by atoms with Gasteiger partial charge < -0.3 is 29.7 Å². The number of hydrogen-bond donors (Lipinski definition) is 2. The second kappa shape index (κ2) is 16.2. The zero-order chi connectivity index (χ0) is 30.7. The Morgan fingerprint density at radius 2 is 1.95 bits per heavy atom. The molecule has 3 rings (SSSR count). The summed E-state index contributed by atoms with van der Waals surface area (Å²) >= 11 is 0. The Kier molecular flexibility index (Phi) is 13.0. The summed E-state index contributed by atoms with van der Waals surface area (Å²) in [5, 5.41) is 11.9. The number of likely N-dealkylation sites (tertiary alicyclic amines) is 1. The number of unbranched alkanes of at least 4 members (excludes halogenated alkanes) is 5. The van der Waals surface area contributed by atoms with Crippen LogP contribution in [0.3, 0.4) is 0 Å². The molecule has 10 heteroatoms. The average molecular weight is 590 g/mol. The molecule has 3 aliphatic rings. The van der Waals surface area contributed by atoms with Gasteiger partial charge in [0, 0.05) is 32.7 Å². The second-order valence-corrected chi connectivity index (χ2v) is 11.9. The van der Waals surface area contributed by atoms with Crippen LogP contribution in [0.5, 0.6) is 0 Å². The summed E-state index contributed by atoms with van der Waals surface area (Å²) in [6.45, 7) is 12.9. The van der Waals surface area contributed by atoms with E-state index in [1.807, 2.05) is 0 Å². The van der Waals surface area contributed by atoms with Crippen molar-refractivity contribution < 1.29 is 33.8 Å². The normalized spacial score (nSPS) is 26.5. The number of amides is 3. The molecule has 2 N–H and O–H groups in total. The first-order chi connectivity index (χ1) is 20.2. The monoisotopic (exact) mass is 589 g/mol. The third-order valence-corrected chi connectivity index (χ3v) is 8.79. The molecule has 0 aromatic rings. The van der Waals surface area contributed by atoms with Gasteiger partial charge in [-0.3, -0.25) is 19.2 Å². The van der Waals surface area contributed by atoms with Crippen molar-refractivity contribution in [2.24, 2.45) is 11.8 Å². The minimum atomic E-state index is -1.07. The van der Waals surface area contributed by atoms with E-state index in [-0.39, 0.29) is 30.9 Å². The van der Waals surface area contributed by atoms with Crippen LogP contribution in [-0.4, -0.2) is 95.2 Å². The Morgan fingerprint density at radius 3 is 2.64 bits per heavy atom. The number of esters is 1. The molecule has 0 saturated carbocycles. The SMILES string of the molecule is C=CCCC(=O)NC[C@H](C)OC(=O)[C@@H]1[C@H]2C(=O)N(CCCCCCO)[C@H](C(=O)N(CC=C)CCCCC)[C@]23CC[C@H]1O3. The highest BCUT2D eigenvalue weighted by molar-refractivity contribution is 5.98. The van der Waals surface area contributed by atoms with Gasteiger partial charge in [0.1, 0.15) is 17.7 Å². The third kappa shape index (κ3) is 7.61. The predicted octanol–water partition coefficient (Wildman–Crippen LogP) is 3.13. The topological polar surface area (TPSA) is 125 Å². The number of hydrogen-bond acceptors (Lipinski definition) is 7. The largest absolute Gasteiger partial charge is 0.460 e. The molecule has 42 heavy (non-hydrogen) atoms. The molecule has 3 aliphatic heterocycles. The number of aliphatic hydroxyl groups excluding tert-OH is 1. The Balaban J connectivity index is 1.80. The van der Waals surface area contributed by atoms with Gasteiger partial charge in [0.2, 0.25) is 17.7 Å². The number of allylic oxidation sites excluding steroid dienone is 1. The number of fused-ring (bicyclic) bond motifs is 1. The van der Waals surface area contributed by atoms with E-state index in [0.29, 0.717) is 58.2 Å². The smallest absolute Gasteiger partial charge is 0.312 e. The van der Waals surface area contributed by atoms with Crippen molar-refractivity contribution in [1.82, 2.24) is 15.1 Å². The fraction of sp³-hybridized carbons (Fsp3) is 0.750. The lowest BCUT2D eigenvalue weighted by Crippen LogP contribution is -2.56. The van der Waals surface area contributed by atoms with Crippen LogP contribution in [0.2, 0.25) is 0 Å². The zero-order valence-electron chi connectivity index (χ0n) is 25.6. The van der Waals surface area contributed by atoms with Crippen molar-refractivity contribution in [3.05, 3.63) is 25.3 Å². The van der Waals surface area contributed by atoms with Gasteiger partial charge in [-0.2, -0.15) is 0 Å². The fourth-order valence-electron chi connectivity index (χ4n) is 6.76. The number of ether oxygens (including phenoxy) is 2. The van der Waals surface area contributed by atoms with Crippen LogP contribution in [0.4, 0.5) is 0 Å². The molecule has 3 saturated heterocycles. The van der Waals surface area contributed by atoms with Crippen molar-refractivity contribution in [1.29, 1.82) is 0 Å². The predicted molar refractivity (Wildman–Crippen MR) is 159 cm³/mol. The fourth-order valence-corrected chi connectivity index (χ4v) is 6.76. The van der Waals surface area contributed by atoms with Crippen LogP contribution in [-0.2, 0) is 28.7 Å². The first-order valence-corrected chi connectivity index (χ1v) is 15.8. The molecule has 3 heterocycles. The van der Waals surface area contributed by atoms with Crippen LogP contribution in [0, 0.1) is 11.8 Å². The van der Waals surface area contributed by atoms with Crippen LogP contribution in [0.15, 0.2) is 25.3 Å². The quantitative estimate of drug-likeness (QED) is 0.127. The molecule has 0 aliphatic carbocycles. The number of carbonyl (C=O) groups is 4. The Labute approximate surface area is 250 Å². The van der Waals surface area contributed by atoms with Crippen LogP contribution >= 0.6 is 0 Å². The van der Waals surface area contributed by atoms with Crippen molar-refractivity contribution in [3.63, 3.8) is 0 Å². The van der Waals surface area contributed by atoms with E-state index in [1.165, 1.54) is 0 Å². The van der Waals surface area contributed by atoms with Crippen molar-refractivity contribution in [2.75, 3.05) is 32.8 Å². The standard InChI is InChI=1S/C32H51N3O7/c1-5-8-12-19-34(18-7-3)30(39)28-32-17-16-24(42-32)26(27(32)29(38)35(28)20-13-10-11-14-21-36)31(40)41-23(4)22-33-25(37)15-9-6-2/h6-7,23-24,26-28,36H,2-3,5,8-22H2,1,4H3,(H,33,37)/t23-,24+,26-,27-,28+,32-/m0/s1. The molecule has 0 unspecified atom stereocenters. The Bertz CT molecular complexity index is 972. The number of nitrogens with zero attached hydrogens (tertiary/aromatic N) is 2. The molecule has 3 amide bonds. The summed E-state index contributed by atoms with van der Waals surface area (Å²) in [6.07, 6.45) is 10.2. The van der Waals surface area contributed by atoms with E-state index in [1.54, 1.807) is 28.9 Å². The van der Waals surface area contributed by atoms with Crippen LogP contribution in [0.1, 0.15) is 84.5 Å². The van der Waals surface area contributed by atoms with E-state index >= 15 is 0 Å². The van der Waals surface area contributed by atoms with Gasteiger partial charge in [-0.05, 0) is 45.4 Å². The zero-order valence-corrected chi connectivity index (χ0v) is 25.6. The summed E-state index contributed by atoms with van der Waals surface area (Å²) in [5.41, 5.74) is -1.07. The maximum atomic E-state index is 14.2. The molecule has 2 bridgehead atoms. The summed E-state index contributed by atoms with van der Waals surface area (Å²) in [4.78, 5) is 57.3. The molecule has 6 atom stereocenters. The number of aliphatic hydroxyl groups is 1. The van der Waals surface area contributed by atoms with Gasteiger partial charge in [0.05, 0.1) is 24.5 Å². The summed E-state index contributed by atoms with van der Waals surface area (Å²) in [6, 6.07) is -0.807. The van der Waals surface area contributed by atoms with Gasteiger partial charge in [-0.15, -0.1) is 13.2 Å². The maximum Gasteiger partial charge on any atom is 0.312 e. The van der Waals surface area contributed by atoms with Gasteiger partial charge >= 0.3 is 5.97 Å². The molecular weight excluding hydrogens is 538 g/mol. The third-order valence-electron chi connectivity index (χ3n) is 8.79. The summed E-state index contributed by atoms with van der Waals surface area (Å²) < 4.78 is 12.3. The van der Waals surface area contributed by atoms with Gasteiger partial charge in [0.25, 0.3) is 0 Å². The molecule has 236 valence electrons. The van der Waals surface area contributed by atoms with Gasteiger partial charge in [-0.25, -0.2) is 0 Å². The summed E-state index contributed by atoms with van der Waals surface area (Å²) in [5.74, 6) is -2.63. The van der Waals surface area contributed by atoms with Crippen molar-refractivity contribution in [2.45, 2.75) is 108 Å². The molecular formula is C32H51N3O7. The minimum absolute atomic E-state index is 0.124. The Morgan fingerprint density at radius 1 is 1.19 bits per heavy atom. The average Bonchev–Trinajstić information content (AvgIpc) is 3.61. The number of carbonyl (C=O) groups excluding carboxylic acids is 4. The number of nitrogens with one attached hydrogen (secondary N) is 1. The van der Waals surface area contributed by atoms with Crippen molar-refractivity contribution in [3.8, 4) is 0 Å². The van der Waals surface area contributed by atoms with E-state index < -0.39 is 41.7 Å². The highest BCUT2D eigenvalue weighted by Crippen LogP contribution is 2.58. The first-order valence-electron chi connectivity index (χ1n) is 15.8. The van der Waals surface area contributed by atoms with Gasteiger partial charge in [0.15, 0.2) is 0 Å². The lowest BCUT2D eigenvalue weighted by atomic mass is 9.70. The maximum absolute atomic E-state index is 14.2. The lowest BCUT2D eigenvalue weighted by molar-refractivity contribution is -0.159. The van der Waals surface area contributed by atoms with E-state index in [2.05, 4.69) is 25.4 Å². The lowest BCUT2D eigenvalue weighted by Gasteiger charge is -2.37. The van der Waals surface area contributed by atoms with Crippen LogP contribution < -0.4 is 5.32 Å². The highest BCUT2D eigenvalue weighted by atomic mass is 16.6. The molecule has 3 fully saturated rings. The van der Waals surface area contributed by atoms with Gasteiger partial charge in [-0.1, -0.05) is 44.8 Å². The highest BCUT2D eigenvalue weighted by Gasteiger charge is 2.75. The molecule has 0 radical (unpaired) electrons. The van der Waals surface area contributed by atoms with Crippen molar-refractivity contribution >= 4 is 23.7 Å². The first kappa shape index (κ1) is 33.8. The molecule has 10 nitrogen and oxygen atoms in total. The summed E-state index contributed by atoms with van der Waals surface area (Å²) in [7, 11) is 0.